The number of rotatable bonds is 5. The van der Waals surface area contributed by atoms with Crippen LogP contribution in [0.1, 0.15) is 29.9 Å². The smallest absolute Gasteiger partial charge is 0.0733 e. The van der Waals surface area contributed by atoms with Crippen LogP contribution in [0.2, 0.25) is 0 Å². The van der Waals surface area contributed by atoms with Crippen molar-refractivity contribution in [2.45, 2.75) is 31.4 Å². The third-order valence-electron chi connectivity index (χ3n) is 4.09. The van der Waals surface area contributed by atoms with Gasteiger partial charge in [-0.1, -0.05) is 48.5 Å². The van der Waals surface area contributed by atoms with Gasteiger partial charge in [0.25, 0.3) is 0 Å². The van der Waals surface area contributed by atoms with Crippen LogP contribution in [0.25, 0.3) is 0 Å². The molecule has 0 spiro atoms. The molecule has 1 N–H and O–H groups in total. The first kappa shape index (κ1) is 13.2. The van der Waals surface area contributed by atoms with Crippen molar-refractivity contribution in [1.82, 2.24) is 0 Å². The Labute approximate surface area is 120 Å². The van der Waals surface area contributed by atoms with Crippen LogP contribution in [0.4, 0.5) is 5.69 Å². The zero-order valence-corrected chi connectivity index (χ0v) is 11.9. The van der Waals surface area contributed by atoms with Crippen molar-refractivity contribution in [3.63, 3.8) is 0 Å². The molecule has 20 heavy (non-hydrogen) atoms. The second-order valence-corrected chi connectivity index (χ2v) is 5.51. The van der Waals surface area contributed by atoms with Crippen LogP contribution in [0.3, 0.4) is 0 Å². The first-order valence-corrected chi connectivity index (χ1v) is 7.25. The topological polar surface area (TPSA) is 21.3 Å². The molecule has 1 saturated carbocycles. The summed E-state index contributed by atoms with van der Waals surface area (Å²) in [5.74, 6) is 0.711. The van der Waals surface area contributed by atoms with Crippen molar-refractivity contribution in [1.29, 1.82) is 0 Å². The number of ether oxygens (including phenoxy) is 1. The molecule has 104 valence electrons. The molecule has 0 bridgehead atoms. The van der Waals surface area contributed by atoms with E-state index in [9.17, 15) is 0 Å². The second kappa shape index (κ2) is 6.10. The average Bonchev–Trinajstić information content (AvgIpc) is 2.45. The van der Waals surface area contributed by atoms with Gasteiger partial charge < -0.3 is 10.1 Å². The molecule has 0 heterocycles. The fourth-order valence-electron chi connectivity index (χ4n) is 2.90. The summed E-state index contributed by atoms with van der Waals surface area (Å²) in [4.78, 5) is 0. The maximum atomic E-state index is 5.25. The van der Waals surface area contributed by atoms with E-state index in [0.717, 1.165) is 0 Å². The van der Waals surface area contributed by atoms with Gasteiger partial charge in [0.15, 0.2) is 0 Å². The predicted molar refractivity (Wildman–Crippen MR) is 83.0 cm³/mol. The van der Waals surface area contributed by atoms with Gasteiger partial charge in [0.05, 0.1) is 6.61 Å². The van der Waals surface area contributed by atoms with Crippen LogP contribution >= 0.6 is 0 Å². The van der Waals surface area contributed by atoms with Crippen molar-refractivity contribution < 1.29 is 4.74 Å². The van der Waals surface area contributed by atoms with Crippen LogP contribution in [0.15, 0.2) is 54.6 Å². The minimum Gasteiger partial charge on any atom is -0.382 e. The third-order valence-corrected chi connectivity index (χ3v) is 4.09. The quantitative estimate of drug-likeness (QED) is 0.877. The Hall–Kier alpha value is -1.80. The lowest BCUT2D eigenvalue weighted by molar-refractivity contribution is 0.185. The number of nitrogens with one attached hydrogen (secondary N) is 1. The van der Waals surface area contributed by atoms with Crippen LogP contribution in [0.5, 0.6) is 0 Å². The first-order chi connectivity index (χ1) is 9.86. The zero-order valence-electron chi connectivity index (χ0n) is 11.9. The summed E-state index contributed by atoms with van der Waals surface area (Å²) in [5.41, 5.74) is 3.92. The fourth-order valence-corrected chi connectivity index (χ4v) is 2.90. The lowest BCUT2D eigenvalue weighted by Gasteiger charge is -2.37. The molecule has 0 aliphatic heterocycles. The van der Waals surface area contributed by atoms with Crippen molar-refractivity contribution in [2.75, 3.05) is 12.4 Å². The minimum atomic E-state index is 0.582. The maximum absolute atomic E-state index is 5.25. The highest BCUT2D eigenvalue weighted by Crippen LogP contribution is 2.38. The molecule has 1 aliphatic rings. The second-order valence-electron chi connectivity index (χ2n) is 5.51. The van der Waals surface area contributed by atoms with Gasteiger partial charge in [-0.2, -0.15) is 0 Å². The van der Waals surface area contributed by atoms with Crippen molar-refractivity contribution >= 4 is 5.69 Å². The maximum Gasteiger partial charge on any atom is 0.0733 e. The van der Waals surface area contributed by atoms with E-state index >= 15 is 0 Å². The van der Waals surface area contributed by atoms with Gasteiger partial charge in [-0.25, -0.2) is 0 Å². The van der Waals surface area contributed by atoms with Crippen molar-refractivity contribution in [3.05, 3.63) is 65.7 Å². The molecule has 0 amide bonds. The number of methoxy groups -OCH3 is 1. The van der Waals surface area contributed by atoms with Gasteiger partial charge in [-0.15, -0.1) is 0 Å². The van der Waals surface area contributed by atoms with Gasteiger partial charge in [0.1, 0.15) is 0 Å². The highest BCUT2D eigenvalue weighted by molar-refractivity contribution is 5.52. The molecule has 0 radical (unpaired) electrons. The molecule has 1 fully saturated rings. The van der Waals surface area contributed by atoms with Crippen molar-refractivity contribution in [2.24, 2.45) is 0 Å². The van der Waals surface area contributed by atoms with E-state index in [2.05, 4.69) is 59.9 Å². The minimum absolute atomic E-state index is 0.582. The molecule has 2 aromatic carbocycles. The Kier molecular flexibility index (Phi) is 4.03. The molecule has 2 aromatic rings. The van der Waals surface area contributed by atoms with E-state index in [1.807, 2.05) is 0 Å². The molecule has 3 rings (SSSR count). The van der Waals surface area contributed by atoms with Gasteiger partial charge >= 0.3 is 0 Å². The number of hydrogen-bond acceptors (Lipinski definition) is 2. The number of anilines is 1. The van der Waals surface area contributed by atoms with E-state index in [4.69, 9.17) is 4.74 Å². The normalized spacial score (nSPS) is 21.2. The van der Waals surface area contributed by atoms with Crippen molar-refractivity contribution in [3.8, 4) is 0 Å². The Bertz CT molecular complexity index is 546. The SMILES string of the molecule is COCc1ccccc1NC1CC(c2ccccc2)C1. The molecule has 0 aromatic heterocycles. The number of para-hydroxylation sites is 1. The molecule has 2 nitrogen and oxygen atoms in total. The molecule has 0 atom stereocenters. The lowest BCUT2D eigenvalue weighted by Crippen LogP contribution is -2.34. The summed E-state index contributed by atoms with van der Waals surface area (Å²) in [6.07, 6.45) is 2.43. The van der Waals surface area contributed by atoms with E-state index in [1.54, 1.807) is 7.11 Å². The summed E-state index contributed by atoms with van der Waals surface area (Å²) >= 11 is 0. The summed E-state index contributed by atoms with van der Waals surface area (Å²) < 4.78 is 5.25. The average molecular weight is 267 g/mol. The molecule has 0 unspecified atom stereocenters. The summed E-state index contributed by atoms with van der Waals surface area (Å²) in [7, 11) is 1.74. The molecule has 1 aliphatic carbocycles. The van der Waals surface area contributed by atoms with E-state index in [1.165, 1.54) is 29.7 Å². The Morgan fingerprint density at radius 3 is 2.45 bits per heavy atom. The van der Waals surface area contributed by atoms with E-state index < -0.39 is 0 Å². The summed E-state index contributed by atoms with van der Waals surface area (Å²) in [6.45, 7) is 0.665. The first-order valence-electron chi connectivity index (χ1n) is 7.25. The standard InChI is InChI=1S/C18H21NO/c1-20-13-15-9-5-6-10-18(15)19-17-11-16(12-17)14-7-3-2-4-8-14/h2-10,16-17,19H,11-13H2,1H3. The Morgan fingerprint density at radius 2 is 1.70 bits per heavy atom. The van der Waals surface area contributed by atoms with E-state index in [-0.39, 0.29) is 0 Å². The molecule has 2 heteroatoms. The van der Waals surface area contributed by atoms with Gasteiger partial charge in [-0.05, 0) is 30.4 Å². The summed E-state index contributed by atoms with van der Waals surface area (Å²) in [6, 6.07) is 19.8. The predicted octanol–water partition coefficient (Wildman–Crippen LogP) is 4.19. The number of benzene rings is 2. The highest BCUT2D eigenvalue weighted by atomic mass is 16.5. The van der Waals surface area contributed by atoms with Gasteiger partial charge in [0.2, 0.25) is 0 Å². The van der Waals surface area contributed by atoms with Gasteiger partial charge in [0, 0.05) is 24.4 Å². The lowest BCUT2D eigenvalue weighted by atomic mass is 9.76. The third kappa shape index (κ3) is 2.86. The van der Waals surface area contributed by atoms with Crippen LogP contribution < -0.4 is 5.32 Å². The molecule has 0 saturated heterocycles. The fraction of sp³-hybridized carbons (Fsp3) is 0.333. The monoisotopic (exact) mass is 267 g/mol. The van der Waals surface area contributed by atoms with Crippen LogP contribution in [0, 0.1) is 0 Å². The van der Waals surface area contributed by atoms with Gasteiger partial charge in [-0.3, -0.25) is 0 Å². The molecular weight excluding hydrogens is 246 g/mol. The van der Waals surface area contributed by atoms with E-state index in [0.29, 0.717) is 18.6 Å². The van der Waals surface area contributed by atoms with Crippen LogP contribution in [-0.2, 0) is 11.3 Å². The molecular formula is C18H21NO. The largest absolute Gasteiger partial charge is 0.382 e. The highest BCUT2D eigenvalue weighted by Gasteiger charge is 2.30. The Morgan fingerprint density at radius 1 is 1.00 bits per heavy atom. The number of hydrogen-bond donors (Lipinski definition) is 1. The van der Waals surface area contributed by atoms with Crippen LogP contribution in [-0.4, -0.2) is 13.2 Å². The zero-order chi connectivity index (χ0) is 13.8. The Balaban J connectivity index is 1.59. The summed E-state index contributed by atoms with van der Waals surface area (Å²) in [5, 5.41) is 3.65.